The van der Waals surface area contributed by atoms with Gasteiger partial charge in [0.05, 0.1) is 5.56 Å². The van der Waals surface area contributed by atoms with Gasteiger partial charge < -0.3 is 25.4 Å². The SMILES string of the molecule is N=C(N)c1ccc2oc(-c3ccc(OCCOc4ccccc4C(=N)N)cc3)cc2c1. The van der Waals surface area contributed by atoms with Crippen LogP contribution in [0.15, 0.2) is 77.2 Å². The number of nitrogens with one attached hydrogen (secondary N) is 2. The minimum absolute atomic E-state index is 0.0277. The Morgan fingerprint density at radius 1 is 0.806 bits per heavy atom. The van der Waals surface area contributed by atoms with E-state index in [9.17, 15) is 0 Å². The number of hydrogen-bond donors (Lipinski definition) is 4. The Balaban J connectivity index is 1.37. The lowest BCUT2D eigenvalue weighted by Crippen LogP contribution is -2.15. The van der Waals surface area contributed by atoms with Gasteiger partial charge in [-0.15, -0.1) is 0 Å². The van der Waals surface area contributed by atoms with Crippen molar-refractivity contribution in [1.82, 2.24) is 0 Å². The van der Waals surface area contributed by atoms with E-state index in [1.54, 1.807) is 18.2 Å². The highest BCUT2D eigenvalue weighted by Gasteiger charge is 2.09. The molecule has 0 bridgehead atoms. The summed E-state index contributed by atoms with van der Waals surface area (Å²) in [5, 5.41) is 16.0. The standard InChI is InChI=1S/C24H22N4O3/c25-23(26)16-7-10-20-17(13-16)14-22(31-20)15-5-8-18(9-6-15)29-11-12-30-21-4-2-1-3-19(21)24(27)28/h1-10,13-14H,11-12H2,(H3,25,26)(H3,27,28). The zero-order chi connectivity index (χ0) is 21.8. The molecule has 0 aliphatic heterocycles. The van der Waals surface area contributed by atoms with Crippen molar-refractivity contribution < 1.29 is 13.9 Å². The van der Waals surface area contributed by atoms with Gasteiger partial charge in [-0.05, 0) is 60.7 Å². The summed E-state index contributed by atoms with van der Waals surface area (Å²) >= 11 is 0. The molecule has 7 heteroatoms. The van der Waals surface area contributed by atoms with Crippen LogP contribution in [0, 0.1) is 10.8 Å². The van der Waals surface area contributed by atoms with Gasteiger partial charge in [-0.1, -0.05) is 12.1 Å². The monoisotopic (exact) mass is 414 g/mol. The van der Waals surface area contributed by atoms with Crippen LogP contribution in [0.2, 0.25) is 0 Å². The number of benzene rings is 3. The predicted octanol–water partition coefficient (Wildman–Crippen LogP) is 4.13. The van der Waals surface area contributed by atoms with E-state index in [0.29, 0.717) is 35.8 Å². The molecule has 7 nitrogen and oxygen atoms in total. The first-order valence-electron chi connectivity index (χ1n) is 9.69. The molecule has 3 aromatic carbocycles. The summed E-state index contributed by atoms with van der Waals surface area (Å²) in [5.74, 6) is 2.00. The van der Waals surface area contributed by atoms with Gasteiger partial charge in [-0.3, -0.25) is 10.8 Å². The van der Waals surface area contributed by atoms with Crippen molar-refractivity contribution in [3.05, 3.63) is 83.9 Å². The molecule has 0 atom stereocenters. The molecule has 1 heterocycles. The first-order chi connectivity index (χ1) is 15.0. The molecular formula is C24H22N4O3. The summed E-state index contributed by atoms with van der Waals surface area (Å²) in [6.45, 7) is 0.679. The Kier molecular flexibility index (Phi) is 5.57. The topological polar surface area (TPSA) is 131 Å². The van der Waals surface area contributed by atoms with E-state index >= 15 is 0 Å². The van der Waals surface area contributed by atoms with Crippen molar-refractivity contribution in [2.24, 2.45) is 11.5 Å². The summed E-state index contributed by atoms with van der Waals surface area (Å²) in [6.07, 6.45) is 0. The minimum atomic E-state index is -0.0322. The van der Waals surface area contributed by atoms with E-state index in [4.69, 9.17) is 36.2 Å². The summed E-state index contributed by atoms with van der Waals surface area (Å²) in [6, 6.07) is 22.1. The van der Waals surface area contributed by atoms with Crippen molar-refractivity contribution in [2.45, 2.75) is 0 Å². The van der Waals surface area contributed by atoms with Crippen LogP contribution in [0.4, 0.5) is 0 Å². The molecule has 4 aromatic rings. The van der Waals surface area contributed by atoms with Gasteiger partial charge in [0.2, 0.25) is 0 Å². The summed E-state index contributed by atoms with van der Waals surface area (Å²) in [7, 11) is 0. The molecule has 0 amide bonds. The number of fused-ring (bicyclic) bond motifs is 1. The van der Waals surface area contributed by atoms with E-state index in [1.807, 2.05) is 54.6 Å². The summed E-state index contributed by atoms with van der Waals surface area (Å²) in [4.78, 5) is 0. The number of hydrogen-bond acceptors (Lipinski definition) is 5. The quantitative estimate of drug-likeness (QED) is 0.196. The van der Waals surface area contributed by atoms with Gasteiger partial charge in [0.25, 0.3) is 0 Å². The fourth-order valence-electron chi connectivity index (χ4n) is 3.19. The maximum absolute atomic E-state index is 7.59. The fraction of sp³-hybridized carbons (Fsp3) is 0.0833. The van der Waals surface area contributed by atoms with Crippen LogP contribution in [-0.4, -0.2) is 24.9 Å². The molecule has 0 saturated heterocycles. The highest BCUT2D eigenvalue weighted by atomic mass is 16.5. The van der Waals surface area contributed by atoms with E-state index in [2.05, 4.69) is 0 Å². The third-order valence-electron chi connectivity index (χ3n) is 4.75. The Labute approximate surface area is 179 Å². The first-order valence-corrected chi connectivity index (χ1v) is 9.69. The third-order valence-corrected chi connectivity index (χ3v) is 4.75. The Bertz CT molecular complexity index is 1250. The van der Waals surface area contributed by atoms with Crippen molar-refractivity contribution in [1.29, 1.82) is 10.8 Å². The van der Waals surface area contributed by atoms with Crippen LogP contribution in [0.25, 0.3) is 22.3 Å². The lowest BCUT2D eigenvalue weighted by atomic mass is 10.1. The smallest absolute Gasteiger partial charge is 0.135 e. The van der Waals surface area contributed by atoms with Crippen LogP contribution in [0.1, 0.15) is 11.1 Å². The molecule has 0 unspecified atom stereocenters. The van der Waals surface area contributed by atoms with Crippen LogP contribution in [0.5, 0.6) is 11.5 Å². The van der Waals surface area contributed by atoms with Crippen molar-refractivity contribution >= 4 is 22.6 Å². The van der Waals surface area contributed by atoms with Gasteiger partial charge in [-0.25, -0.2) is 0 Å². The van der Waals surface area contributed by atoms with Gasteiger partial charge in [0.15, 0.2) is 0 Å². The molecule has 4 rings (SSSR count). The number of nitrogens with two attached hydrogens (primary N) is 2. The lowest BCUT2D eigenvalue weighted by molar-refractivity contribution is 0.217. The van der Waals surface area contributed by atoms with Crippen LogP contribution in [-0.2, 0) is 0 Å². The van der Waals surface area contributed by atoms with Crippen LogP contribution < -0.4 is 20.9 Å². The largest absolute Gasteiger partial charge is 0.490 e. The van der Waals surface area contributed by atoms with Crippen LogP contribution in [0.3, 0.4) is 0 Å². The van der Waals surface area contributed by atoms with Gasteiger partial charge >= 0.3 is 0 Å². The average molecular weight is 414 g/mol. The molecule has 0 radical (unpaired) electrons. The van der Waals surface area contributed by atoms with Gasteiger partial charge in [0.1, 0.15) is 47.7 Å². The number of amidine groups is 2. The fourth-order valence-corrected chi connectivity index (χ4v) is 3.19. The second-order valence-corrected chi connectivity index (χ2v) is 6.91. The van der Waals surface area contributed by atoms with E-state index in [1.165, 1.54) is 0 Å². The van der Waals surface area contributed by atoms with Crippen molar-refractivity contribution in [3.8, 4) is 22.8 Å². The highest BCUT2D eigenvalue weighted by Crippen LogP contribution is 2.29. The zero-order valence-corrected chi connectivity index (χ0v) is 16.7. The van der Waals surface area contributed by atoms with Gasteiger partial charge in [0, 0.05) is 16.5 Å². The number of furan rings is 1. The first kappa shape index (κ1) is 20.0. The zero-order valence-electron chi connectivity index (χ0n) is 16.7. The van der Waals surface area contributed by atoms with Gasteiger partial charge in [-0.2, -0.15) is 0 Å². The maximum atomic E-state index is 7.59. The minimum Gasteiger partial charge on any atom is -0.490 e. The normalized spacial score (nSPS) is 10.7. The molecule has 156 valence electrons. The number of ether oxygens (including phenoxy) is 2. The predicted molar refractivity (Wildman–Crippen MR) is 121 cm³/mol. The van der Waals surface area contributed by atoms with Crippen LogP contribution >= 0.6 is 0 Å². The average Bonchev–Trinajstić information content (AvgIpc) is 3.20. The van der Waals surface area contributed by atoms with Crippen molar-refractivity contribution in [3.63, 3.8) is 0 Å². The molecule has 0 aliphatic rings. The third kappa shape index (κ3) is 4.51. The molecule has 1 aromatic heterocycles. The molecule has 31 heavy (non-hydrogen) atoms. The number of rotatable bonds is 8. The summed E-state index contributed by atoms with van der Waals surface area (Å²) < 4.78 is 17.3. The molecule has 6 N–H and O–H groups in total. The van der Waals surface area contributed by atoms with E-state index in [0.717, 1.165) is 22.3 Å². The Hall–Kier alpha value is -4.26. The lowest BCUT2D eigenvalue weighted by Gasteiger charge is -2.11. The number of para-hydroxylation sites is 1. The second-order valence-electron chi connectivity index (χ2n) is 6.91. The molecule has 0 spiro atoms. The van der Waals surface area contributed by atoms with Crippen molar-refractivity contribution in [2.75, 3.05) is 13.2 Å². The Morgan fingerprint density at radius 2 is 1.55 bits per heavy atom. The number of nitrogen functional groups attached to an aromatic ring is 2. The molecule has 0 aliphatic carbocycles. The second kappa shape index (κ2) is 8.62. The maximum Gasteiger partial charge on any atom is 0.135 e. The molecule has 0 fully saturated rings. The van der Waals surface area contributed by atoms with E-state index in [-0.39, 0.29) is 11.7 Å². The summed E-state index contributed by atoms with van der Waals surface area (Å²) in [5.41, 5.74) is 14.0. The molecular weight excluding hydrogens is 392 g/mol. The Morgan fingerprint density at radius 3 is 2.29 bits per heavy atom. The molecule has 0 saturated carbocycles. The van der Waals surface area contributed by atoms with E-state index < -0.39 is 0 Å². The highest BCUT2D eigenvalue weighted by molar-refractivity contribution is 5.99.